The number of aliphatic carboxylic acids is 1. The molecule has 194 valence electrons. The fourth-order valence-electron chi connectivity index (χ4n) is 10.4. The van der Waals surface area contributed by atoms with Crippen LogP contribution in [-0.4, -0.2) is 49.1 Å². The van der Waals surface area contributed by atoms with E-state index in [1.54, 1.807) is 0 Å². The van der Waals surface area contributed by atoms with Crippen LogP contribution in [0.15, 0.2) is 11.6 Å². The molecule has 6 rings (SSSR count). The molecule has 2 heterocycles. The molecule has 5 fully saturated rings. The summed E-state index contributed by atoms with van der Waals surface area (Å²) in [7, 11) is 0. The molecule has 0 radical (unpaired) electrons. The van der Waals surface area contributed by atoms with E-state index in [0.29, 0.717) is 43.1 Å². The van der Waals surface area contributed by atoms with E-state index in [1.807, 2.05) is 0 Å². The zero-order valence-electron chi connectivity index (χ0n) is 21.9. The highest BCUT2D eigenvalue weighted by molar-refractivity contribution is 5.90. The number of allylic oxidation sites excluding steroid dienone is 1. The molecule has 0 aromatic heterocycles. The van der Waals surface area contributed by atoms with Gasteiger partial charge >= 0.3 is 5.97 Å². The Balaban J connectivity index is 1.38. The Kier molecular flexibility index (Phi) is 5.43. The van der Waals surface area contributed by atoms with Gasteiger partial charge in [-0.15, -0.1) is 0 Å². The minimum absolute atomic E-state index is 0.0477. The van der Waals surface area contributed by atoms with E-state index >= 15 is 0 Å². The van der Waals surface area contributed by atoms with Crippen molar-refractivity contribution in [2.45, 2.75) is 85.2 Å². The molecule has 4 bridgehead atoms. The number of aldehydes is 1. The number of carbonyl (C=O) groups is 2. The van der Waals surface area contributed by atoms with Crippen LogP contribution in [-0.2, 0) is 23.8 Å². The van der Waals surface area contributed by atoms with E-state index in [2.05, 4.69) is 40.7 Å². The Bertz CT molecular complexity index is 943. The van der Waals surface area contributed by atoms with Gasteiger partial charge in [0.25, 0.3) is 0 Å². The first-order chi connectivity index (χ1) is 16.6. The fraction of sp³-hybridized carbons (Fsp3) is 0.862. The van der Waals surface area contributed by atoms with Gasteiger partial charge in [0.1, 0.15) is 11.7 Å². The molecular weight excluding hydrogens is 444 g/mol. The molecule has 1 N–H and O–H groups in total. The molecule has 6 aliphatic rings. The van der Waals surface area contributed by atoms with Gasteiger partial charge in [-0.3, -0.25) is 4.79 Å². The summed E-state index contributed by atoms with van der Waals surface area (Å²) in [6, 6.07) is 0. The van der Waals surface area contributed by atoms with Gasteiger partial charge in [-0.1, -0.05) is 45.8 Å². The number of hydrogen-bond acceptors (Lipinski definition) is 5. The van der Waals surface area contributed by atoms with Crippen LogP contribution < -0.4 is 0 Å². The molecule has 0 amide bonds. The molecule has 3 saturated carbocycles. The summed E-state index contributed by atoms with van der Waals surface area (Å²) < 4.78 is 19.0. The lowest BCUT2D eigenvalue weighted by Crippen LogP contribution is -2.63. The van der Waals surface area contributed by atoms with Crippen LogP contribution in [0.1, 0.15) is 66.7 Å². The van der Waals surface area contributed by atoms with Crippen molar-refractivity contribution in [3.63, 3.8) is 0 Å². The molecule has 2 saturated heterocycles. The Hall–Kier alpha value is -1.24. The van der Waals surface area contributed by atoms with Crippen LogP contribution in [0.25, 0.3) is 0 Å². The number of carboxylic acids is 1. The first-order valence-corrected chi connectivity index (χ1v) is 13.9. The number of fused-ring (bicyclic) bond motifs is 3. The maximum atomic E-state index is 13.5. The van der Waals surface area contributed by atoms with Crippen molar-refractivity contribution < 1.29 is 28.9 Å². The lowest BCUT2D eigenvalue weighted by Gasteiger charge is -2.58. The Morgan fingerprint density at radius 1 is 1.23 bits per heavy atom. The highest BCUT2D eigenvalue weighted by atomic mass is 16.7. The van der Waals surface area contributed by atoms with Crippen LogP contribution in [0.3, 0.4) is 0 Å². The second kappa shape index (κ2) is 7.88. The average Bonchev–Trinajstić information content (AvgIpc) is 3.50. The molecule has 12 atom stereocenters. The van der Waals surface area contributed by atoms with Crippen LogP contribution in [0.2, 0.25) is 0 Å². The SMILES string of the molecule is CC(C)C1=C[C@@H]2C[C@]3(C=O)[C@@H]4CC[C@@H](C)[C@H]4CC2(CO[C@H]2C[C@@H]4OC[C@@H](C)[C@@H]4[C@@H](C)O2)C13C(=O)O. The summed E-state index contributed by atoms with van der Waals surface area (Å²) in [5.74, 6) is 1.18. The van der Waals surface area contributed by atoms with Gasteiger partial charge in [-0.05, 0) is 61.7 Å². The number of rotatable bonds is 6. The summed E-state index contributed by atoms with van der Waals surface area (Å²) in [6.07, 6.45) is 7.27. The summed E-state index contributed by atoms with van der Waals surface area (Å²) >= 11 is 0. The molecular formula is C29H42O6. The summed E-state index contributed by atoms with van der Waals surface area (Å²) in [4.78, 5) is 26.7. The number of carboxylic acid groups (broad SMARTS) is 1. The monoisotopic (exact) mass is 486 g/mol. The van der Waals surface area contributed by atoms with Crippen LogP contribution in [0.5, 0.6) is 0 Å². The van der Waals surface area contributed by atoms with E-state index < -0.39 is 28.5 Å². The third kappa shape index (κ3) is 2.77. The molecule has 6 nitrogen and oxygen atoms in total. The molecule has 0 aromatic carbocycles. The van der Waals surface area contributed by atoms with Gasteiger partial charge in [0.05, 0.1) is 24.2 Å². The third-order valence-electron chi connectivity index (χ3n) is 11.6. The van der Waals surface area contributed by atoms with Crippen molar-refractivity contribution in [1.29, 1.82) is 0 Å². The molecule has 4 aliphatic carbocycles. The third-order valence-corrected chi connectivity index (χ3v) is 11.6. The highest BCUT2D eigenvalue weighted by Gasteiger charge is 2.84. The van der Waals surface area contributed by atoms with Gasteiger partial charge in [-0.2, -0.15) is 0 Å². The van der Waals surface area contributed by atoms with Crippen LogP contribution in [0.4, 0.5) is 0 Å². The quantitative estimate of drug-likeness (QED) is 0.432. The molecule has 6 heteroatoms. The maximum Gasteiger partial charge on any atom is 0.315 e. The summed E-state index contributed by atoms with van der Waals surface area (Å²) in [5, 5.41) is 11.1. The van der Waals surface area contributed by atoms with Gasteiger partial charge in [0.2, 0.25) is 0 Å². The molecule has 0 spiro atoms. The zero-order valence-corrected chi connectivity index (χ0v) is 21.9. The van der Waals surface area contributed by atoms with Gasteiger partial charge in [-0.25, -0.2) is 0 Å². The molecule has 35 heavy (non-hydrogen) atoms. The van der Waals surface area contributed by atoms with Gasteiger partial charge in [0, 0.05) is 24.4 Å². The van der Waals surface area contributed by atoms with Crippen molar-refractivity contribution in [3.05, 3.63) is 11.6 Å². The minimum atomic E-state index is -1.19. The van der Waals surface area contributed by atoms with Gasteiger partial charge in [0.15, 0.2) is 6.29 Å². The fourth-order valence-corrected chi connectivity index (χ4v) is 10.4. The summed E-state index contributed by atoms with van der Waals surface area (Å²) in [5.41, 5.74) is -1.68. The molecule has 2 aliphatic heterocycles. The first kappa shape index (κ1) is 24.1. The smallest absolute Gasteiger partial charge is 0.315 e. The Morgan fingerprint density at radius 2 is 2.00 bits per heavy atom. The Morgan fingerprint density at radius 3 is 2.69 bits per heavy atom. The predicted octanol–water partition coefficient (Wildman–Crippen LogP) is 4.71. The average molecular weight is 487 g/mol. The highest BCUT2D eigenvalue weighted by Crippen LogP contribution is 2.82. The van der Waals surface area contributed by atoms with Crippen LogP contribution >= 0.6 is 0 Å². The second-order valence-corrected chi connectivity index (χ2v) is 13.2. The number of ether oxygens (including phenoxy) is 3. The second-order valence-electron chi connectivity index (χ2n) is 13.2. The molecule has 2 unspecified atom stereocenters. The summed E-state index contributed by atoms with van der Waals surface area (Å²) in [6.45, 7) is 11.9. The van der Waals surface area contributed by atoms with Gasteiger partial charge < -0.3 is 24.1 Å². The molecule has 0 aromatic rings. The first-order valence-electron chi connectivity index (χ1n) is 13.9. The van der Waals surface area contributed by atoms with Crippen molar-refractivity contribution in [3.8, 4) is 0 Å². The number of carbonyl (C=O) groups excluding carboxylic acids is 1. The Labute approximate surface area is 209 Å². The van der Waals surface area contributed by atoms with Crippen LogP contribution in [0, 0.1) is 57.7 Å². The lowest BCUT2D eigenvalue weighted by molar-refractivity contribution is -0.249. The zero-order chi connectivity index (χ0) is 24.9. The maximum absolute atomic E-state index is 13.5. The normalized spacial score (nSPS) is 54.0. The van der Waals surface area contributed by atoms with Crippen molar-refractivity contribution in [2.24, 2.45) is 57.7 Å². The predicted molar refractivity (Wildman–Crippen MR) is 129 cm³/mol. The van der Waals surface area contributed by atoms with E-state index in [9.17, 15) is 14.7 Å². The standard InChI is InChI=1S/C29H42O6/c1-15(2)22-8-19-10-27(13-30)21-7-6-16(3)20(21)11-28(19,29(22,27)26(31)32)14-34-24-9-23-25(18(5)35-24)17(4)12-33-23/h8,13,15-21,23-25H,6-7,9-12,14H2,1-5H3,(H,31,32)/t16-,17-,18-,19-,20-,21-,23+,24-,25-,27+,28?,29?/m1/s1. The van der Waals surface area contributed by atoms with Crippen molar-refractivity contribution >= 4 is 12.3 Å². The van der Waals surface area contributed by atoms with Crippen molar-refractivity contribution in [1.82, 2.24) is 0 Å². The lowest BCUT2D eigenvalue weighted by atomic mass is 9.43. The van der Waals surface area contributed by atoms with E-state index in [1.165, 1.54) is 0 Å². The van der Waals surface area contributed by atoms with E-state index in [-0.39, 0.29) is 30.0 Å². The number of hydrogen-bond donors (Lipinski definition) is 1. The van der Waals surface area contributed by atoms with Crippen molar-refractivity contribution in [2.75, 3.05) is 13.2 Å². The van der Waals surface area contributed by atoms with E-state index in [0.717, 1.165) is 37.7 Å². The minimum Gasteiger partial charge on any atom is -0.481 e. The van der Waals surface area contributed by atoms with E-state index in [4.69, 9.17) is 14.2 Å². The topological polar surface area (TPSA) is 82.1 Å². The largest absolute Gasteiger partial charge is 0.481 e.